The summed E-state index contributed by atoms with van der Waals surface area (Å²) < 4.78 is 24.9. The summed E-state index contributed by atoms with van der Waals surface area (Å²) in [5.74, 6) is -0.235. The molecule has 0 radical (unpaired) electrons. The van der Waals surface area contributed by atoms with Gasteiger partial charge in [-0.1, -0.05) is 24.3 Å². The highest BCUT2D eigenvalue weighted by atomic mass is 32.2. The van der Waals surface area contributed by atoms with Crippen LogP contribution in [-0.4, -0.2) is 32.4 Å². The number of aryl methyl sites for hydroxylation is 1. The van der Waals surface area contributed by atoms with Gasteiger partial charge in [-0.05, 0) is 24.5 Å². The molecule has 2 N–H and O–H groups in total. The van der Waals surface area contributed by atoms with Crippen LogP contribution in [0.25, 0.3) is 0 Å². The molecule has 0 aromatic heterocycles. The lowest BCUT2D eigenvalue weighted by atomic mass is 10.1. The van der Waals surface area contributed by atoms with Crippen LogP contribution >= 0.6 is 0 Å². The van der Waals surface area contributed by atoms with Crippen LogP contribution < -0.4 is 4.72 Å². The molecule has 0 amide bonds. The van der Waals surface area contributed by atoms with Crippen molar-refractivity contribution in [1.82, 2.24) is 4.72 Å². The Labute approximate surface area is 96.4 Å². The van der Waals surface area contributed by atoms with Crippen LogP contribution in [0.3, 0.4) is 0 Å². The van der Waals surface area contributed by atoms with Gasteiger partial charge < -0.3 is 5.11 Å². The fourth-order valence-corrected chi connectivity index (χ4v) is 2.22. The summed E-state index contributed by atoms with van der Waals surface area (Å²) >= 11 is 0. The molecule has 0 heterocycles. The van der Waals surface area contributed by atoms with Crippen molar-refractivity contribution < 1.29 is 13.5 Å². The number of sulfonamides is 1. The van der Waals surface area contributed by atoms with Crippen LogP contribution in [0.2, 0.25) is 0 Å². The van der Waals surface area contributed by atoms with E-state index in [0.717, 1.165) is 11.1 Å². The molecule has 0 saturated carbocycles. The van der Waals surface area contributed by atoms with Gasteiger partial charge in [0.15, 0.2) is 0 Å². The molecule has 0 bridgehead atoms. The van der Waals surface area contributed by atoms with E-state index >= 15 is 0 Å². The van der Waals surface area contributed by atoms with Crippen molar-refractivity contribution in [3.05, 3.63) is 35.4 Å². The highest BCUT2D eigenvalue weighted by Crippen LogP contribution is 2.06. The van der Waals surface area contributed by atoms with Crippen LogP contribution in [-0.2, 0) is 16.4 Å². The predicted octanol–water partition coefficient (Wildman–Crippen LogP) is 0.449. The average Bonchev–Trinajstić information content (AvgIpc) is 2.20. The molecule has 0 atom stereocenters. The fourth-order valence-electron chi connectivity index (χ4n) is 1.42. The minimum absolute atomic E-state index is 0.235. The maximum Gasteiger partial charge on any atom is 0.213 e. The monoisotopic (exact) mass is 243 g/mol. The molecular formula is C11H17NO3S. The van der Waals surface area contributed by atoms with Crippen molar-refractivity contribution in [3.8, 4) is 0 Å². The number of rotatable bonds is 6. The molecule has 0 fully saturated rings. The molecule has 0 aliphatic carbocycles. The molecule has 1 aromatic carbocycles. The third kappa shape index (κ3) is 4.30. The Balaban J connectivity index is 2.45. The first kappa shape index (κ1) is 13.2. The molecule has 1 aromatic rings. The van der Waals surface area contributed by atoms with Crippen LogP contribution in [0.5, 0.6) is 0 Å². The first-order valence-corrected chi connectivity index (χ1v) is 6.83. The zero-order chi connectivity index (χ0) is 12.0. The van der Waals surface area contributed by atoms with E-state index in [-0.39, 0.29) is 12.4 Å². The molecule has 90 valence electrons. The lowest BCUT2D eigenvalue weighted by Gasteiger charge is -2.07. The van der Waals surface area contributed by atoms with Crippen molar-refractivity contribution in [2.45, 2.75) is 13.3 Å². The number of aliphatic hydroxyl groups is 1. The van der Waals surface area contributed by atoms with E-state index in [9.17, 15) is 8.42 Å². The number of aliphatic hydroxyl groups excluding tert-OH is 1. The second kappa shape index (κ2) is 5.98. The lowest BCUT2D eigenvalue weighted by molar-refractivity contribution is 0.319. The van der Waals surface area contributed by atoms with Crippen LogP contribution in [0.4, 0.5) is 0 Å². The normalized spacial score (nSPS) is 11.6. The van der Waals surface area contributed by atoms with E-state index in [1.54, 1.807) is 0 Å². The highest BCUT2D eigenvalue weighted by Gasteiger charge is 2.08. The molecule has 16 heavy (non-hydrogen) atoms. The predicted molar refractivity (Wildman–Crippen MR) is 63.8 cm³/mol. The van der Waals surface area contributed by atoms with Crippen molar-refractivity contribution in [2.75, 3.05) is 18.9 Å². The Hall–Kier alpha value is -0.910. The average molecular weight is 243 g/mol. The Kier molecular flexibility index (Phi) is 4.92. The molecule has 0 aliphatic rings. The first-order chi connectivity index (χ1) is 7.55. The molecule has 5 heteroatoms. The highest BCUT2D eigenvalue weighted by molar-refractivity contribution is 7.89. The standard InChI is InChI=1S/C11H17NO3S/c1-10-4-2-3-5-11(10)6-7-12-16(14,15)9-8-13/h2-5,12-13H,6-9H2,1H3. The number of nitrogens with one attached hydrogen (secondary N) is 1. The Morgan fingerprint density at radius 2 is 2.00 bits per heavy atom. The maximum atomic E-state index is 11.2. The Bertz CT molecular complexity index is 429. The van der Waals surface area contributed by atoms with E-state index in [1.165, 1.54) is 0 Å². The lowest BCUT2D eigenvalue weighted by Crippen LogP contribution is -2.29. The van der Waals surface area contributed by atoms with Gasteiger partial charge in [0.2, 0.25) is 10.0 Å². The molecule has 0 saturated heterocycles. The number of hydrogen-bond acceptors (Lipinski definition) is 3. The molecule has 0 unspecified atom stereocenters. The van der Waals surface area contributed by atoms with Gasteiger partial charge in [-0.2, -0.15) is 0 Å². The van der Waals surface area contributed by atoms with Crippen LogP contribution in [0, 0.1) is 6.92 Å². The number of benzene rings is 1. The third-order valence-electron chi connectivity index (χ3n) is 2.34. The molecule has 0 spiro atoms. The SMILES string of the molecule is Cc1ccccc1CCNS(=O)(=O)CCO. The fraction of sp³-hybridized carbons (Fsp3) is 0.455. The van der Waals surface area contributed by atoms with E-state index in [4.69, 9.17) is 5.11 Å². The molecular weight excluding hydrogens is 226 g/mol. The molecule has 0 aliphatic heterocycles. The van der Waals surface area contributed by atoms with Gasteiger partial charge in [0.1, 0.15) is 0 Å². The van der Waals surface area contributed by atoms with Gasteiger partial charge in [0.05, 0.1) is 12.4 Å². The van der Waals surface area contributed by atoms with Gasteiger partial charge in [0, 0.05) is 6.54 Å². The minimum atomic E-state index is -3.31. The largest absolute Gasteiger partial charge is 0.395 e. The van der Waals surface area contributed by atoms with E-state index in [2.05, 4.69) is 4.72 Å². The summed E-state index contributed by atoms with van der Waals surface area (Å²) in [5.41, 5.74) is 2.29. The minimum Gasteiger partial charge on any atom is -0.395 e. The zero-order valence-corrected chi connectivity index (χ0v) is 10.1. The van der Waals surface area contributed by atoms with Gasteiger partial charge in [-0.25, -0.2) is 13.1 Å². The quantitative estimate of drug-likeness (QED) is 0.762. The topological polar surface area (TPSA) is 66.4 Å². The number of hydrogen-bond donors (Lipinski definition) is 2. The summed E-state index contributed by atoms with van der Waals surface area (Å²) in [5, 5.41) is 8.54. The van der Waals surface area contributed by atoms with Crippen molar-refractivity contribution in [1.29, 1.82) is 0 Å². The maximum absolute atomic E-state index is 11.2. The van der Waals surface area contributed by atoms with Gasteiger partial charge >= 0.3 is 0 Å². The third-order valence-corrected chi connectivity index (χ3v) is 3.70. The Morgan fingerprint density at radius 1 is 1.31 bits per heavy atom. The van der Waals surface area contributed by atoms with Crippen molar-refractivity contribution in [2.24, 2.45) is 0 Å². The first-order valence-electron chi connectivity index (χ1n) is 5.18. The van der Waals surface area contributed by atoms with Crippen LogP contribution in [0.15, 0.2) is 24.3 Å². The summed E-state index contributed by atoms with van der Waals surface area (Å²) in [6.07, 6.45) is 0.664. The molecule has 4 nitrogen and oxygen atoms in total. The second-order valence-corrected chi connectivity index (χ2v) is 5.54. The van der Waals surface area contributed by atoms with E-state index in [1.807, 2.05) is 31.2 Å². The van der Waals surface area contributed by atoms with Gasteiger partial charge in [0.25, 0.3) is 0 Å². The summed E-state index contributed by atoms with van der Waals surface area (Å²) in [6.45, 7) is 2.02. The summed E-state index contributed by atoms with van der Waals surface area (Å²) in [6, 6.07) is 7.87. The van der Waals surface area contributed by atoms with Crippen LogP contribution in [0.1, 0.15) is 11.1 Å². The smallest absolute Gasteiger partial charge is 0.213 e. The van der Waals surface area contributed by atoms with Gasteiger partial charge in [-0.15, -0.1) is 0 Å². The zero-order valence-electron chi connectivity index (χ0n) is 9.31. The molecule has 1 rings (SSSR count). The van der Waals surface area contributed by atoms with E-state index < -0.39 is 10.0 Å². The van der Waals surface area contributed by atoms with Crippen molar-refractivity contribution >= 4 is 10.0 Å². The Morgan fingerprint density at radius 3 is 2.62 bits per heavy atom. The summed E-state index contributed by atoms with van der Waals surface area (Å²) in [4.78, 5) is 0. The summed E-state index contributed by atoms with van der Waals surface area (Å²) in [7, 11) is -3.31. The second-order valence-electron chi connectivity index (χ2n) is 3.61. The van der Waals surface area contributed by atoms with Crippen molar-refractivity contribution in [3.63, 3.8) is 0 Å². The van der Waals surface area contributed by atoms with Gasteiger partial charge in [-0.3, -0.25) is 0 Å². The van der Waals surface area contributed by atoms with E-state index in [0.29, 0.717) is 13.0 Å².